The fourth-order valence-corrected chi connectivity index (χ4v) is 3.84. The Morgan fingerprint density at radius 3 is 2.69 bits per heavy atom. The van der Waals surface area contributed by atoms with Gasteiger partial charge in [0.1, 0.15) is 0 Å². The number of para-hydroxylation sites is 1. The monoisotopic (exact) mass is 412 g/mol. The third-order valence-corrected chi connectivity index (χ3v) is 5.29. The van der Waals surface area contributed by atoms with Crippen LogP contribution in [0.3, 0.4) is 0 Å². The summed E-state index contributed by atoms with van der Waals surface area (Å²) in [6.45, 7) is 3.93. The van der Waals surface area contributed by atoms with Gasteiger partial charge in [-0.2, -0.15) is 0 Å². The predicted octanol–water partition coefficient (Wildman–Crippen LogP) is 3.48. The summed E-state index contributed by atoms with van der Waals surface area (Å²) in [5, 5.41) is 9.12. The van der Waals surface area contributed by atoms with Crippen LogP contribution in [0.25, 0.3) is 16.7 Å². The van der Waals surface area contributed by atoms with Gasteiger partial charge in [0.05, 0.1) is 16.7 Å². The number of benzene rings is 2. The van der Waals surface area contributed by atoms with Crippen molar-refractivity contribution in [3.63, 3.8) is 0 Å². The smallest absolute Gasteiger partial charge is 0.263 e. The van der Waals surface area contributed by atoms with Gasteiger partial charge in [0.2, 0.25) is 5.78 Å². The first-order valence-electron chi connectivity index (χ1n) is 8.60. The molecule has 29 heavy (non-hydrogen) atoms. The van der Waals surface area contributed by atoms with Gasteiger partial charge >= 0.3 is 0 Å². The zero-order valence-corrected chi connectivity index (χ0v) is 15.8. The molecule has 9 heteroatoms. The highest BCUT2D eigenvalue weighted by Crippen LogP contribution is 2.23. The molecule has 0 aliphatic carbocycles. The number of allylic oxidation sites excluding steroid dienone is 1. The summed E-state index contributed by atoms with van der Waals surface area (Å²) in [5.74, 6) is -2.19. The first-order valence-corrected chi connectivity index (χ1v) is 9.58. The lowest BCUT2D eigenvalue weighted by molar-refractivity contribution is 0.102. The summed E-state index contributed by atoms with van der Waals surface area (Å²) in [4.78, 5) is 25.1. The van der Waals surface area contributed by atoms with E-state index in [4.69, 9.17) is 0 Å². The Bertz CT molecular complexity index is 1330. The summed E-state index contributed by atoms with van der Waals surface area (Å²) in [5.41, 5.74) is 0.467. The lowest BCUT2D eigenvalue weighted by atomic mass is 10.1. The zero-order chi connectivity index (χ0) is 20.5. The molecule has 2 heterocycles. The Morgan fingerprint density at radius 2 is 1.93 bits per heavy atom. The Morgan fingerprint density at radius 1 is 1.14 bits per heavy atom. The maximum atomic E-state index is 13.4. The van der Waals surface area contributed by atoms with Crippen LogP contribution in [0.1, 0.15) is 10.4 Å². The number of aromatic nitrogens is 4. The van der Waals surface area contributed by atoms with Crippen LogP contribution in [0.15, 0.2) is 65.1 Å². The van der Waals surface area contributed by atoms with Gasteiger partial charge in [-0.05, 0) is 30.3 Å². The fraction of sp³-hybridized carbons (Fsp3) is 0.100. The predicted molar refractivity (Wildman–Crippen MR) is 106 cm³/mol. The van der Waals surface area contributed by atoms with E-state index in [0.717, 1.165) is 23.9 Å². The van der Waals surface area contributed by atoms with Crippen LogP contribution < -0.4 is 5.56 Å². The van der Waals surface area contributed by atoms with Crippen LogP contribution in [0.5, 0.6) is 0 Å². The van der Waals surface area contributed by atoms with Crippen LogP contribution in [-0.4, -0.2) is 30.7 Å². The Kier molecular flexibility index (Phi) is 4.98. The second kappa shape index (κ2) is 7.59. The number of hydrogen-bond donors (Lipinski definition) is 0. The molecule has 0 aliphatic heterocycles. The summed E-state index contributed by atoms with van der Waals surface area (Å²) in [6, 6.07) is 10.1. The lowest BCUT2D eigenvalue weighted by Crippen LogP contribution is -2.22. The molecular formula is C20H14F2N4O2S. The van der Waals surface area contributed by atoms with Crippen LogP contribution in [0, 0.1) is 11.6 Å². The highest BCUT2D eigenvalue weighted by atomic mass is 32.2. The molecule has 0 amide bonds. The van der Waals surface area contributed by atoms with E-state index in [0.29, 0.717) is 21.8 Å². The molecule has 0 bridgehead atoms. The number of nitrogens with zero attached hydrogens (tertiary/aromatic N) is 4. The molecule has 4 aromatic rings. The van der Waals surface area contributed by atoms with E-state index in [2.05, 4.69) is 16.8 Å². The van der Waals surface area contributed by atoms with Crippen LogP contribution in [0.4, 0.5) is 8.78 Å². The van der Waals surface area contributed by atoms with Gasteiger partial charge in [-0.15, -0.1) is 16.8 Å². The largest absolute Gasteiger partial charge is 0.293 e. The SMILES string of the molecule is C=CCn1c(=O)c2ccccc2n2c(SCC(=O)c3ccc(F)c(F)c3)nnc12. The second-order valence-corrected chi connectivity index (χ2v) is 7.12. The molecule has 4 rings (SSSR count). The maximum absolute atomic E-state index is 13.4. The van der Waals surface area contributed by atoms with Crippen molar-refractivity contribution in [2.24, 2.45) is 0 Å². The zero-order valence-electron chi connectivity index (χ0n) is 15.0. The first-order chi connectivity index (χ1) is 14.0. The molecule has 0 unspecified atom stereocenters. The van der Waals surface area contributed by atoms with Crippen LogP contribution in [-0.2, 0) is 6.54 Å². The van der Waals surface area contributed by atoms with E-state index in [9.17, 15) is 18.4 Å². The number of fused-ring (bicyclic) bond motifs is 3. The average molecular weight is 412 g/mol. The Labute approximate surface area is 167 Å². The molecule has 6 nitrogen and oxygen atoms in total. The summed E-state index contributed by atoms with van der Waals surface area (Å²) in [6.07, 6.45) is 1.59. The lowest BCUT2D eigenvalue weighted by Gasteiger charge is -2.09. The molecule has 0 saturated heterocycles. The van der Waals surface area contributed by atoms with Crippen molar-refractivity contribution >= 4 is 34.2 Å². The van der Waals surface area contributed by atoms with Gasteiger partial charge in [-0.3, -0.25) is 18.6 Å². The number of Topliss-reactive ketones (excluding diaryl/α,β-unsaturated/α-hetero) is 1. The quantitative estimate of drug-likeness (QED) is 0.276. The minimum atomic E-state index is -1.08. The summed E-state index contributed by atoms with van der Waals surface area (Å²) in [7, 11) is 0. The normalized spacial score (nSPS) is 11.2. The van der Waals surface area contributed by atoms with Crippen molar-refractivity contribution in [3.05, 3.63) is 82.7 Å². The van der Waals surface area contributed by atoms with Crippen LogP contribution >= 0.6 is 11.8 Å². The number of carbonyl (C=O) groups excluding carboxylic acids is 1. The standard InChI is InChI=1S/C20H14F2N4O2S/c1-2-9-25-18(28)13-5-3-4-6-16(13)26-19(25)23-24-20(26)29-11-17(27)12-7-8-14(21)15(22)10-12/h2-8,10H,1,9,11H2. The van der Waals surface area contributed by atoms with Gasteiger partial charge < -0.3 is 0 Å². The Hall–Kier alpha value is -3.33. The molecular weight excluding hydrogens is 398 g/mol. The van der Waals surface area contributed by atoms with Gasteiger partial charge in [-0.25, -0.2) is 8.78 Å². The number of halogens is 2. The van der Waals surface area contributed by atoms with Crippen molar-refractivity contribution in [1.82, 2.24) is 19.2 Å². The van der Waals surface area contributed by atoms with Crippen molar-refractivity contribution in [2.75, 3.05) is 5.75 Å². The van der Waals surface area contributed by atoms with Gasteiger partial charge in [0.25, 0.3) is 5.56 Å². The van der Waals surface area contributed by atoms with E-state index in [1.165, 1.54) is 10.6 Å². The van der Waals surface area contributed by atoms with E-state index >= 15 is 0 Å². The molecule has 0 N–H and O–H groups in total. The highest BCUT2D eigenvalue weighted by molar-refractivity contribution is 7.99. The summed E-state index contributed by atoms with van der Waals surface area (Å²) < 4.78 is 29.6. The molecule has 0 saturated carbocycles. The molecule has 0 spiro atoms. The van der Waals surface area contributed by atoms with Crippen molar-refractivity contribution in [2.45, 2.75) is 11.7 Å². The van der Waals surface area contributed by atoms with Crippen LogP contribution in [0.2, 0.25) is 0 Å². The third-order valence-electron chi connectivity index (χ3n) is 4.36. The number of carbonyl (C=O) groups is 1. The number of ketones is 1. The molecule has 2 aromatic carbocycles. The Balaban J connectivity index is 1.75. The van der Waals surface area contributed by atoms with Gasteiger partial charge in [0.15, 0.2) is 22.6 Å². The van der Waals surface area contributed by atoms with Crippen molar-refractivity contribution in [3.8, 4) is 0 Å². The topological polar surface area (TPSA) is 69.3 Å². The molecule has 0 atom stereocenters. The van der Waals surface area contributed by atoms with E-state index in [1.807, 2.05) is 0 Å². The minimum absolute atomic E-state index is 0.0548. The highest BCUT2D eigenvalue weighted by Gasteiger charge is 2.18. The number of rotatable bonds is 6. The average Bonchev–Trinajstić information content (AvgIpc) is 3.15. The van der Waals surface area contributed by atoms with E-state index in [1.54, 1.807) is 34.7 Å². The van der Waals surface area contributed by atoms with Gasteiger partial charge in [0, 0.05) is 12.1 Å². The number of thioether (sulfide) groups is 1. The molecule has 146 valence electrons. The van der Waals surface area contributed by atoms with Crippen molar-refractivity contribution in [1.29, 1.82) is 0 Å². The van der Waals surface area contributed by atoms with Gasteiger partial charge in [-0.1, -0.05) is 30.0 Å². The number of hydrogen-bond acceptors (Lipinski definition) is 5. The van der Waals surface area contributed by atoms with E-state index < -0.39 is 11.6 Å². The molecule has 0 fully saturated rings. The molecule has 0 radical (unpaired) electrons. The minimum Gasteiger partial charge on any atom is -0.293 e. The fourth-order valence-electron chi connectivity index (χ4n) is 3.00. The maximum Gasteiger partial charge on any atom is 0.263 e. The van der Waals surface area contributed by atoms with Crippen molar-refractivity contribution < 1.29 is 13.6 Å². The molecule has 2 aromatic heterocycles. The summed E-state index contributed by atoms with van der Waals surface area (Å²) >= 11 is 1.10. The van der Waals surface area contributed by atoms with E-state index in [-0.39, 0.29) is 29.2 Å². The molecule has 0 aliphatic rings. The first kappa shape index (κ1) is 19.0. The second-order valence-electron chi connectivity index (χ2n) is 6.18. The third kappa shape index (κ3) is 3.33.